The van der Waals surface area contributed by atoms with Crippen LogP contribution in [0.3, 0.4) is 0 Å². The van der Waals surface area contributed by atoms with E-state index >= 15 is 0 Å². The molecule has 0 amide bonds. The van der Waals surface area contributed by atoms with Crippen LogP contribution >= 0.6 is 0 Å². The number of hydroxylamine groups is 2. The summed E-state index contributed by atoms with van der Waals surface area (Å²) in [6.45, 7) is 8.23. The third-order valence-electron chi connectivity index (χ3n) is 0.600. The molecule has 0 atom stereocenters. The van der Waals surface area contributed by atoms with E-state index < -0.39 is 0 Å². The van der Waals surface area contributed by atoms with Gasteiger partial charge in [-0.1, -0.05) is 12.2 Å². The van der Waals surface area contributed by atoms with Crippen LogP contribution in [0, 0.1) is 0 Å². The predicted molar refractivity (Wildman–Crippen MR) is 37.5 cm³/mol. The molecule has 9 heavy (non-hydrogen) atoms. The van der Waals surface area contributed by atoms with Crippen LogP contribution < -0.4 is 11.0 Å². The molecule has 0 aromatic carbocycles. The summed E-state index contributed by atoms with van der Waals surface area (Å²) in [4.78, 5) is 4.67. The molecule has 0 radical (unpaired) electrons. The highest BCUT2D eigenvalue weighted by Gasteiger charge is 1.76. The van der Waals surface area contributed by atoms with Gasteiger partial charge in [0, 0.05) is 13.1 Å². The lowest BCUT2D eigenvalue weighted by Crippen LogP contribution is -2.25. The number of hydrogen-bond donors (Lipinski definition) is 2. The minimum absolute atomic E-state index is 0.629. The van der Waals surface area contributed by atoms with Gasteiger partial charge in [-0.2, -0.15) is 11.0 Å². The van der Waals surface area contributed by atoms with Crippen molar-refractivity contribution in [3.8, 4) is 0 Å². The van der Waals surface area contributed by atoms with E-state index in [1.165, 1.54) is 0 Å². The van der Waals surface area contributed by atoms with Crippen LogP contribution in [-0.4, -0.2) is 13.1 Å². The molecule has 0 spiro atoms. The highest BCUT2D eigenvalue weighted by molar-refractivity contribution is 4.67. The smallest absolute Gasteiger partial charge is 0.0407 e. The average Bonchev–Trinajstić information content (AvgIpc) is 1.89. The van der Waals surface area contributed by atoms with Gasteiger partial charge in [0.05, 0.1) is 0 Å². The van der Waals surface area contributed by atoms with Gasteiger partial charge in [-0.15, -0.1) is 13.2 Å². The van der Waals surface area contributed by atoms with Crippen LogP contribution in [0.2, 0.25) is 0 Å². The first-order valence-corrected chi connectivity index (χ1v) is 2.75. The molecule has 0 fully saturated rings. The Morgan fingerprint density at radius 3 is 1.89 bits per heavy atom. The normalized spacial score (nSPS) is 8.89. The van der Waals surface area contributed by atoms with Crippen LogP contribution in [-0.2, 0) is 4.94 Å². The lowest BCUT2D eigenvalue weighted by molar-refractivity contribution is -0.0267. The minimum atomic E-state index is 0.629. The Bertz CT molecular complexity index is 73.1. The summed E-state index contributed by atoms with van der Waals surface area (Å²) in [5.74, 6) is 0. The minimum Gasteiger partial charge on any atom is -0.214 e. The van der Waals surface area contributed by atoms with E-state index in [1.807, 2.05) is 0 Å². The van der Waals surface area contributed by atoms with E-state index in [1.54, 1.807) is 12.2 Å². The third-order valence-corrected chi connectivity index (χ3v) is 0.600. The maximum atomic E-state index is 4.67. The molecule has 0 unspecified atom stereocenters. The number of hydrogen-bond acceptors (Lipinski definition) is 3. The second-order valence-corrected chi connectivity index (χ2v) is 1.38. The second-order valence-electron chi connectivity index (χ2n) is 1.38. The SMILES string of the molecule is C=CCNONCC=C. The number of rotatable bonds is 6. The molecule has 2 N–H and O–H groups in total. The standard InChI is InChI=1S/C6H12N2O/c1-3-5-7-9-8-6-4-2/h3-4,7-8H,1-2,5-6H2. The van der Waals surface area contributed by atoms with Crippen molar-refractivity contribution >= 4 is 0 Å². The molecule has 0 heterocycles. The van der Waals surface area contributed by atoms with Crippen molar-refractivity contribution < 1.29 is 4.94 Å². The van der Waals surface area contributed by atoms with E-state index in [0.29, 0.717) is 13.1 Å². The summed E-state index contributed by atoms with van der Waals surface area (Å²) in [7, 11) is 0. The lowest BCUT2D eigenvalue weighted by Gasteiger charge is -2.00. The van der Waals surface area contributed by atoms with Crippen molar-refractivity contribution in [2.75, 3.05) is 13.1 Å². The molecule has 0 saturated carbocycles. The van der Waals surface area contributed by atoms with Crippen molar-refractivity contribution in [1.82, 2.24) is 11.0 Å². The molecular weight excluding hydrogens is 116 g/mol. The molecule has 0 aliphatic heterocycles. The Morgan fingerprint density at radius 1 is 1.11 bits per heavy atom. The van der Waals surface area contributed by atoms with Crippen LogP contribution in [0.25, 0.3) is 0 Å². The van der Waals surface area contributed by atoms with Gasteiger partial charge in [0.1, 0.15) is 0 Å². The van der Waals surface area contributed by atoms with E-state index in [2.05, 4.69) is 29.1 Å². The summed E-state index contributed by atoms with van der Waals surface area (Å²) in [5, 5.41) is 0. The van der Waals surface area contributed by atoms with Crippen LogP contribution in [0.4, 0.5) is 0 Å². The molecule has 3 nitrogen and oxygen atoms in total. The first kappa shape index (κ1) is 8.36. The van der Waals surface area contributed by atoms with Gasteiger partial charge in [-0.05, 0) is 0 Å². The first-order chi connectivity index (χ1) is 4.41. The highest BCUT2D eigenvalue weighted by Crippen LogP contribution is 1.61. The van der Waals surface area contributed by atoms with Gasteiger partial charge >= 0.3 is 0 Å². The Hall–Kier alpha value is -0.640. The van der Waals surface area contributed by atoms with Crippen LogP contribution in [0.5, 0.6) is 0 Å². The van der Waals surface area contributed by atoms with Gasteiger partial charge in [-0.25, -0.2) is 4.94 Å². The molecule has 3 heteroatoms. The monoisotopic (exact) mass is 128 g/mol. The molecular formula is C6H12N2O. The Kier molecular flexibility index (Phi) is 6.84. The maximum absolute atomic E-state index is 4.67. The van der Waals surface area contributed by atoms with Gasteiger partial charge in [0.25, 0.3) is 0 Å². The summed E-state index contributed by atoms with van der Waals surface area (Å²) < 4.78 is 0. The first-order valence-electron chi connectivity index (χ1n) is 2.75. The number of nitrogens with one attached hydrogen (secondary N) is 2. The summed E-state index contributed by atoms with van der Waals surface area (Å²) in [5.41, 5.74) is 5.19. The van der Waals surface area contributed by atoms with E-state index in [9.17, 15) is 0 Å². The van der Waals surface area contributed by atoms with E-state index in [-0.39, 0.29) is 0 Å². The highest BCUT2D eigenvalue weighted by atomic mass is 16.8. The molecule has 0 bridgehead atoms. The molecule has 0 aliphatic carbocycles. The molecule has 0 rings (SSSR count). The summed E-state index contributed by atoms with van der Waals surface area (Å²) in [6.07, 6.45) is 3.41. The van der Waals surface area contributed by atoms with Crippen molar-refractivity contribution in [1.29, 1.82) is 0 Å². The topological polar surface area (TPSA) is 33.3 Å². The molecule has 0 saturated heterocycles. The predicted octanol–water partition coefficient (Wildman–Crippen LogP) is 0.384. The quantitative estimate of drug-likeness (QED) is 0.308. The molecule has 0 aromatic heterocycles. The van der Waals surface area contributed by atoms with Crippen molar-refractivity contribution in [3.63, 3.8) is 0 Å². The molecule has 52 valence electrons. The van der Waals surface area contributed by atoms with Gasteiger partial charge in [0.15, 0.2) is 0 Å². The Labute approximate surface area is 55.3 Å². The van der Waals surface area contributed by atoms with Crippen molar-refractivity contribution in [2.45, 2.75) is 0 Å². The Morgan fingerprint density at radius 2 is 1.56 bits per heavy atom. The lowest BCUT2D eigenvalue weighted by atomic mass is 10.7. The zero-order chi connectivity index (χ0) is 6.95. The van der Waals surface area contributed by atoms with Crippen LogP contribution in [0.15, 0.2) is 25.3 Å². The summed E-state index contributed by atoms with van der Waals surface area (Å²) >= 11 is 0. The Balaban J connectivity index is 2.74. The third kappa shape index (κ3) is 7.36. The van der Waals surface area contributed by atoms with Gasteiger partial charge < -0.3 is 0 Å². The fraction of sp³-hybridized carbons (Fsp3) is 0.333. The molecule has 0 aromatic rings. The summed E-state index contributed by atoms with van der Waals surface area (Å²) in [6, 6.07) is 0. The van der Waals surface area contributed by atoms with Gasteiger partial charge in [0.2, 0.25) is 0 Å². The van der Waals surface area contributed by atoms with Crippen molar-refractivity contribution in [2.24, 2.45) is 0 Å². The fourth-order valence-electron chi connectivity index (χ4n) is 0.252. The van der Waals surface area contributed by atoms with E-state index in [4.69, 9.17) is 0 Å². The largest absolute Gasteiger partial charge is 0.214 e. The van der Waals surface area contributed by atoms with Crippen LogP contribution in [0.1, 0.15) is 0 Å². The zero-order valence-corrected chi connectivity index (χ0v) is 5.39. The fourth-order valence-corrected chi connectivity index (χ4v) is 0.252. The second kappa shape index (κ2) is 7.36. The van der Waals surface area contributed by atoms with E-state index in [0.717, 1.165) is 0 Å². The average molecular weight is 128 g/mol. The zero-order valence-electron chi connectivity index (χ0n) is 5.39. The maximum Gasteiger partial charge on any atom is 0.0407 e. The molecule has 0 aliphatic rings. The van der Waals surface area contributed by atoms with Crippen molar-refractivity contribution in [3.05, 3.63) is 25.3 Å². The van der Waals surface area contributed by atoms with Gasteiger partial charge in [-0.3, -0.25) is 0 Å².